The Morgan fingerprint density at radius 2 is 2.17 bits per heavy atom. The molecule has 0 unspecified atom stereocenters. The summed E-state index contributed by atoms with van der Waals surface area (Å²) in [6.07, 6.45) is 1.75. The summed E-state index contributed by atoms with van der Waals surface area (Å²) in [5.74, 6) is 1.61. The van der Waals surface area contributed by atoms with Crippen molar-refractivity contribution in [2.45, 2.75) is 26.3 Å². The van der Waals surface area contributed by atoms with Crippen LogP contribution in [0.2, 0.25) is 0 Å². The highest BCUT2D eigenvalue weighted by atomic mass is 16.5. The first-order chi connectivity index (χ1) is 8.81. The van der Waals surface area contributed by atoms with E-state index in [1.165, 1.54) is 0 Å². The molecule has 0 amide bonds. The van der Waals surface area contributed by atoms with Crippen LogP contribution in [0.4, 0.5) is 0 Å². The molecule has 4 heteroatoms. The van der Waals surface area contributed by atoms with E-state index in [1.807, 2.05) is 18.2 Å². The number of aliphatic hydroxyl groups excluding tert-OH is 1. The maximum absolute atomic E-state index is 8.77. The Kier molecular flexibility index (Phi) is 7.22. The van der Waals surface area contributed by atoms with Crippen molar-refractivity contribution in [3.05, 3.63) is 23.8 Å². The lowest BCUT2D eigenvalue weighted by Crippen LogP contribution is -2.15. The topological polar surface area (TPSA) is 50.7 Å². The minimum absolute atomic E-state index is 0.146. The van der Waals surface area contributed by atoms with E-state index >= 15 is 0 Å². The third-order valence-electron chi connectivity index (χ3n) is 2.58. The molecule has 0 bridgehead atoms. The van der Waals surface area contributed by atoms with E-state index < -0.39 is 0 Å². The van der Waals surface area contributed by atoms with Gasteiger partial charge in [-0.1, -0.05) is 13.0 Å². The second kappa shape index (κ2) is 8.78. The van der Waals surface area contributed by atoms with E-state index in [2.05, 4.69) is 12.2 Å². The largest absolute Gasteiger partial charge is 0.497 e. The molecule has 0 saturated carbocycles. The monoisotopic (exact) mass is 253 g/mol. The smallest absolute Gasteiger partial charge is 0.127 e. The zero-order valence-corrected chi connectivity index (χ0v) is 11.2. The van der Waals surface area contributed by atoms with Crippen molar-refractivity contribution < 1.29 is 14.6 Å². The molecule has 0 aliphatic rings. The summed E-state index contributed by atoms with van der Waals surface area (Å²) in [5, 5.41) is 12.1. The number of ether oxygens (including phenoxy) is 2. The fourth-order valence-corrected chi connectivity index (χ4v) is 1.59. The van der Waals surface area contributed by atoms with Crippen LogP contribution in [0.25, 0.3) is 0 Å². The molecule has 1 aromatic rings. The van der Waals surface area contributed by atoms with Crippen molar-refractivity contribution in [2.24, 2.45) is 0 Å². The van der Waals surface area contributed by atoms with Crippen molar-refractivity contribution in [3.8, 4) is 11.5 Å². The summed E-state index contributed by atoms with van der Waals surface area (Å²) < 4.78 is 10.9. The molecule has 4 nitrogen and oxygen atoms in total. The van der Waals surface area contributed by atoms with E-state index in [9.17, 15) is 0 Å². The average molecular weight is 253 g/mol. The molecule has 102 valence electrons. The third-order valence-corrected chi connectivity index (χ3v) is 2.58. The van der Waals surface area contributed by atoms with E-state index in [1.54, 1.807) is 7.11 Å². The van der Waals surface area contributed by atoms with Crippen molar-refractivity contribution in [1.29, 1.82) is 0 Å². The van der Waals surface area contributed by atoms with E-state index in [-0.39, 0.29) is 6.61 Å². The standard InChI is InChI=1S/C14H23NO3/c1-3-7-15-11-12-5-6-13(17-2)10-14(12)18-9-4-8-16/h5-6,10,15-16H,3-4,7-9,11H2,1-2H3. The van der Waals surface area contributed by atoms with Crippen LogP contribution in [0.15, 0.2) is 18.2 Å². The quantitative estimate of drug-likeness (QED) is 0.661. The molecule has 0 aliphatic carbocycles. The van der Waals surface area contributed by atoms with Crippen molar-refractivity contribution in [2.75, 3.05) is 26.9 Å². The van der Waals surface area contributed by atoms with Gasteiger partial charge in [-0.05, 0) is 19.0 Å². The molecular formula is C14H23NO3. The van der Waals surface area contributed by atoms with Gasteiger partial charge in [-0.3, -0.25) is 0 Å². The van der Waals surface area contributed by atoms with Gasteiger partial charge in [0.05, 0.1) is 13.7 Å². The maximum Gasteiger partial charge on any atom is 0.127 e. The summed E-state index contributed by atoms with van der Waals surface area (Å²) in [4.78, 5) is 0. The molecule has 0 fully saturated rings. The number of hydrogen-bond acceptors (Lipinski definition) is 4. The van der Waals surface area contributed by atoms with Gasteiger partial charge in [0.15, 0.2) is 0 Å². The molecule has 0 heterocycles. The number of aliphatic hydroxyl groups is 1. The molecule has 2 N–H and O–H groups in total. The van der Waals surface area contributed by atoms with Crippen LogP contribution in [-0.2, 0) is 6.54 Å². The summed E-state index contributed by atoms with van der Waals surface area (Å²) in [7, 11) is 1.64. The van der Waals surface area contributed by atoms with Gasteiger partial charge in [-0.15, -0.1) is 0 Å². The van der Waals surface area contributed by atoms with Crippen LogP contribution in [0.3, 0.4) is 0 Å². The molecule has 0 spiro atoms. The summed E-state index contributed by atoms with van der Waals surface area (Å²) in [5.41, 5.74) is 1.11. The Bertz CT molecular complexity index is 342. The number of rotatable bonds is 9. The van der Waals surface area contributed by atoms with Crippen molar-refractivity contribution in [1.82, 2.24) is 5.32 Å². The molecule has 0 aromatic heterocycles. The lowest BCUT2D eigenvalue weighted by molar-refractivity contribution is 0.232. The zero-order chi connectivity index (χ0) is 13.2. The SMILES string of the molecule is CCCNCc1ccc(OC)cc1OCCCO. The van der Waals surface area contributed by atoms with Gasteiger partial charge < -0.3 is 19.9 Å². The second-order valence-corrected chi connectivity index (χ2v) is 4.08. The van der Waals surface area contributed by atoms with Crippen LogP contribution in [0, 0.1) is 0 Å². The molecular weight excluding hydrogens is 230 g/mol. The van der Waals surface area contributed by atoms with E-state index in [4.69, 9.17) is 14.6 Å². The lowest BCUT2D eigenvalue weighted by Gasteiger charge is -2.13. The van der Waals surface area contributed by atoms with Crippen LogP contribution in [0.5, 0.6) is 11.5 Å². The van der Waals surface area contributed by atoms with Gasteiger partial charge in [0.25, 0.3) is 0 Å². The Morgan fingerprint density at radius 3 is 2.83 bits per heavy atom. The van der Waals surface area contributed by atoms with Crippen LogP contribution in [-0.4, -0.2) is 32.0 Å². The Balaban J connectivity index is 2.66. The van der Waals surface area contributed by atoms with E-state index in [0.29, 0.717) is 13.0 Å². The summed E-state index contributed by atoms with van der Waals surface area (Å²) >= 11 is 0. The normalized spacial score (nSPS) is 10.4. The first kappa shape index (κ1) is 14.8. The fourth-order valence-electron chi connectivity index (χ4n) is 1.59. The Morgan fingerprint density at radius 1 is 1.33 bits per heavy atom. The third kappa shape index (κ3) is 4.94. The first-order valence-electron chi connectivity index (χ1n) is 6.43. The predicted octanol–water partition coefficient (Wildman–Crippen LogP) is 1.96. The highest BCUT2D eigenvalue weighted by Crippen LogP contribution is 2.25. The van der Waals surface area contributed by atoms with Crippen LogP contribution < -0.4 is 14.8 Å². The van der Waals surface area contributed by atoms with Crippen molar-refractivity contribution in [3.63, 3.8) is 0 Å². The number of hydrogen-bond donors (Lipinski definition) is 2. The maximum atomic E-state index is 8.77. The van der Waals surface area contributed by atoms with Gasteiger partial charge in [-0.2, -0.15) is 0 Å². The first-order valence-corrected chi connectivity index (χ1v) is 6.43. The fraction of sp³-hybridized carbons (Fsp3) is 0.571. The second-order valence-electron chi connectivity index (χ2n) is 4.08. The molecule has 18 heavy (non-hydrogen) atoms. The molecule has 1 aromatic carbocycles. The van der Waals surface area contributed by atoms with Gasteiger partial charge in [0.1, 0.15) is 11.5 Å². The Labute approximate surface area is 109 Å². The van der Waals surface area contributed by atoms with Gasteiger partial charge in [0.2, 0.25) is 0 Å². The number of nitrogens with one attached hydrogen (secondary N) is 1. The molecule has 0 atom stereocenters. The lowest BCUT2D eigenvalue weighted by atomic mass is 10.2. The van der Waals surface area contributed by atoms with Gasteiger partial charge in [-0.25, -0.2) is 0 Å². The number of methoxy groups -OCH3 is 1. The van der Waals surface area contributed by atoms with Crippen LogP contribution in [0.1, 0.15) is 25.3 Å². The highest BCUT2D eigenvalue weighted by molar-refractivity contribution is 5.40. The van der Waals surface area contributed by atoms with E-state index in [0.717, 1.165) is 36.6 Å². The highest BCUT2D eigenvalue weighted by Gasteiger charge is 2.05. The minimum atomic E-state index is 0.146. The van der Waals surface area contributed by atoms with Crippen LogP contribution >= 0.6 is 0 Å². The molecule has 0 aliphatic heterocycles. The predicted molar refractivity (Wildman–Crippen MR) is 72.2 cm³/mol. The molecule has 0 saturated heterocycles. The number of benzene rings is 1. The molecule has 0 radical (unpaired) electrons. The Hall–Kier alpha value is -1.26. The summed E-state index contributed by atoms with van der Waals surface area (Å²) in [6, 6.07) is 5.83. The zero-order valence-electron chi connectivity index (χ0n) is 11.2. The average Bonchev–Trinajstić information content (AvgIpc) is 2.40. The van der Waals surface area contributed by atoms with Gasteiger partial charge >= 0.3 is 0 Å². The van der Waals surface area contributed by atoms with Gasteiger partial charge in [0, 0.05) is 31.2 Å². The summed E-state index contributed by atoms with van der Waals surface area (Å²) in [6.45, 7) is 4.58. The molecule has 1 rings (SSSR count). The van der Waals surface area contributed by atoms with Crippen molar-refractivity contribution >= 4 is 0 Å². The minimum Gasteiger partial charge on any atom is -0.497 e.